The lowest BCUT2D eigenvalue weighted by Crippen LogP contribution is -2.27. The minimum absolute atomic E-state index is 0.0239. The Morgan fingerprint density at radius 1 is 1.15 bits per heavy atom. The summed E-state index contributed by atoms with van der Waals surface area (Å²) in [4.78, 5) is 16.6. The molecule has 0 aliphatic heterocycles. The third-order valence-electron chi connectivity index (χ3n) is 3.87. The van der Waals surface area contributed by atoms with Crippen molar-refractivity contribution in [2.24, 2.45) is 0 Å². The van der Waals surface area contributed by atoms with Crippen LogP contribution in [0.4, 0.5) is 4.39 Å². The molecule has 0 aliphatic rings. The standard InChI is InChI=1S/C20H19FN2O2S/c1-25-18-8-2-14(3-9-18)12-19(24)22-11-10-17-13-26-20(23-17)15-4-6-16(21)7-5-15/h2-9,13H,10-12H2,1H3,(H,22,24). The number of halogens is 1. The summed E-state index contributed by atoms with van der Waals surface area (Å²) in [7, 11) is 1.61. The summed E-state index contributed by atoms with van der Waals surface area (Å²) >= 11 is 1.52. The second-order valence-electron chi connectivity index (χ2n) is 5.78. The minimum Gasteiger partial charge on any atom is -0.497 e. The molecular weight excluding hydrogens is 351 g/mol. The summed E-state index contributed by atoms with van der Waals surface area (Å²) in [5.74, 6) is 0.490. The van der Waals surface area contributed by atoms with E-state index in [1.807, 2.05) is 29.6 Å². The molecule has 0 unspecified atom stereocenters. The van der Waals surface area contributed by atoms with Crippen molar-refractivity contribution in [2.45, 2.75) is 12.8 Å². The number of carbonyl (C=O) groups excluding carboxylic acids is 1. The van der Waals surface area contributed by atoms with Crippen LogP contribution in [0.5, 0.6) is 5.75 Å². The summed E-state index contributed by atoms with van der Waals surface area (Å²) in [6, 6.07) is 13.7. The number of benzene rings is 2. The Morgan fingerprint density at radius 2 is 1.88 bits per heavy atom. The van der Waals surface area contributed by atoms with Crippen molar-refractivity contribution in [1.82, 2.24) is 10.3 Å². The van der Waals surface area contributed by atoms with E-state index >= 15 is 0 Å². The maximum atomic E-state index is 13.0. The van der Waals surface area contributed by atoms with Gasteiger partial charge in [-0.05, 0) is 42.0 Å². The number of hydrogen-bond donors (Lipinski definition) is 1. The molecule has 4 nitrogen and oxygen atoms in total. The maximum Gasteiger partial charge on any atom is 0.224 e. The predicted molar refractivity (Wildman–Crippen MR) is 101 cm³/mol. The zero-order chi connectivity index (χ0) is 18.4. The van der Waals surface area contributed by atoms with Crippen LogP contribution in [0.25, 0.3) is 10.6 Å². The smallest absolute Gasteiger partial charge is 0.224 e. The molecule has 0 aliphatic carbocycles. The van der Waals surface area contributed by atoms with Gasteiger partial charge in [0.1, 0.15) is 16.6 Å². The van der Waals surface area contributed by atoms with Gasteiger partial charge in [-0.2, -0.15) is 0 Å². The fourth-order valence-electron chi connectivity index (χ4n) is 2.47. The van der Waals surface area contributed by atoms with Crippen LogP contribution in [0.3, 0.4) is 0 Å². The Balaban J connectivity index is 1.47. The number of hydrogen-bond acceptors (Lipinski definition) is 4. The van der Waals surface area contributed by atoms with Crippen LogP contribution in [-0.2, 0) is 17.6 Å². The molecule has 0 spiro atoms. The molecule has 1 amide bonds. The number of aromatic nitrogens is 1. The topological polar surface area (TPSA) is 51.2 Å². The van der Waals surface area contributed by atoms with Gasteiger partial charge >= 0.3 is 0 Å². The molecule has 1 heterocycles. The highest BCUT2D eigenvalue weighted by molar-refractivity contribution is 7.13. The van der Waals surface area contributed by atoms with Gasteiger partial charge in [0.15, 0.2) is 0 Å². The van der Waals surface area contributed by atoms with Crippen molar-refractivity contribution in [2.75, 3.05) is 13.7 Å². The van der Waals surface area contributed by atoms with E-state index in [4.69, 9.17) is 4.74 Å². The van der Waals surface area contributed by atoms with Crippen molar-refractivity contribution in [3.63, 3.8) is 0 Å². The Bertz CT molecular complexity index is 860. The van der Waals surface area contributed by atoms with Gasteiger partial charge in [0, 0.05) is 23.9 Å². The number of methoxy groups -OCH3 is 1. The lowest BCUT2D eigenvalue weighted by Gasteiger charge is -2.05. The highest BCUT2D eigenvalue weighted by Crippen LogP contribution is 2.23. The SMILES string of the molecule is COc1ccc(CC(=O)NCCc2csc(-c3ccc(F)cc3)n2)cc1. The highest BCUT2D eigenvalue weighted by atomic mass is 32.1. The van der Waals surface area contributed by atoms with E-state index in [2.05, 4.69) is 10.3 Å². The average molecular weight is 370 g/mol. The average Bonchev–Trinajstić information content (AvgIpc) is 3.12. The van der Waals surface area contributed by atoms with Crippen LogP contribution < -0.4 is 10.1 Å². The van der Waals surface area contributed by atoms with Crippen LogP contribution in [0.15, 0.2) is 53.9 Å². The molecule has 0 saturated carbocycles. The van der Waals surface area contributed by atoms with Crippen molar-refractivity contribution in [3.05, 3.63) is 71.0 Å². The minimum atomic E-state index is -0.259. The molecular formula is C20H19FN2O2S. The third kappa shape index (κ3) is 4.89. The molecule has 6 heteroatoms. The van der Waals surface area contributed by atoms with E-state index in [-0.39, 0.29) is 11.7 Å². The van der Waals surface area contributed by atoms with E-state index in [9.17, 15) is 9.18 Å². The fraction of sp³-hybridized carbons (Fsp3) is 0.200. The van der Waals surface area contributed by atoms with E-state index in [1.54, 1.807) is 19.2 Å². The Morgan fingerprint density at radius 3 is 2.58 bits per heavy atom. The molecule has 26 heavy (non-hydrogen) atoms. The summed E-state index contributed by atoms with van der Waals surface area (Å²) in [5, 5.41) is 5.73. The van der Waals surface area contributed by atoms with E-state index in [0.717, 1.165) is 27.6 Å². The van der Waals surface area contributed by atoms with E-state index in [0.29, 0.717) is 19.4 Å². The first-order valence-electron chi connectivity index (χ1n) is 8.24. The Labute approximate surface area is 155 Å². The van der Waals surface area contributed by atoms with E-state index < -0.39 is 0 Å². The van der Waals surface area contributed by atoms with E-state index in [1.165, 1.54) is 23.5 Å². The summed E-state index contributed by atoms with van der Waals surface area (Å²) < 4.78 is 18.1. The number of ether oxygens (including phenoxy) is 1. The first-order chi connectivity index (χ1) is 12.6. The molecule has 2 aromatic carbocycles. The molecule has 3 rings (SSSR count). The number of rotatable bonds is 7. The van der Waals surface area contributed by atoms with Crippen molar-refractivity contribution >= 4 is 17.2 Å². The molecule has 0 atom stereocenters. The largest absolute Gasteiger partial charge is 0.497 e. The van der Waals surface area contributed by atoms with Crippen LogP contribution in [-0.4, -0.2) is 24.5 Å². The zero-order valence-electron chi connectivity index (χ0n) is 14.4. The van der Waals surface area contributed by atoms with Crippen molar-refractivity contribution in [1.29, 1.82) is 0 Å². The first kappa shape index (κ1) is 18.1. The van der Waals surface area contributed by atoms with Crippen LogP contribution >= 0.6 is 11.3 Å². The second kappa shape index (κ2) is 8.58. The molecule has 1 aromatic heterocycles. The lowest BCUT2D eigenvalue weighted by atomic mass is 10.1. The number of nitrogens with zero attached hydrogens (tertiary/aromatic N) is 1. The number of nitrogens with one attached hydrogen (secondary N) is 1. The Kier molecular flexibility index (Phi) is 5.96. The molecule has 0 fully saturated rings. The quantitative estimate of drug-likeness (QED) is 0.687. The molecule has 134 valence electrons. The normalized spacial score (nSPS) is 10.5. The molecule has 3 aromatic rings. The van der Waals surface area contributed by atoms with Gasteiger partial charge in [-0.1, -0.05) is 12.1 Å². The summed E-state index contributed by atoms with van der Waals surface area (Å²) in [6.07, 6.45) is 0.994. The first-order valence-corrected chi connectivity index (χ1v) is 9.12. The molecule has 0 bridgehead atoms. The van der Waals surface area contributed by atoms with Gasteiger partial charge in [0.2, 0.25) is 5.91 Å². The van der Waals surface area contributed by atoms with Gasteiger partial charge in [-0.3, -0.25) is 4.79 Å². The van der Waals surface area contributed by atoms with Gasteiger partial charge in [-0.15, -0.1) is 11.3 Å². The van der Waals surface area contributed by atoms with Crippen LogP contribution in [0.1, 0.15) is 11.3 Å². The molecule has 0 radical (unpaired) electrons. The van der Waals surface area contributed by atoms with Crippen molar-refractivity contribution in [3.8, 4) is 16.3 Å². The van der Waals surface area contributed by atoms with Crippen molar-refractivity contribution < 1.29 is 13.9 Å². The van der Waals surface area contributed by atoms with Gasteiger partial charge in [0.25, 0.3) is 0 Å². The monoisotopic (exact) mass is 370 g/mol. The maximum absolute atomic E-state index is 13.0. The Hall–Kier alpha value is -2.73. The molecule has 1 N–H and O–H groups in total. The second-order valence-corrected chi connectivity index (χ2v) is 6.63. The molecule has 0 saturated heterocycles. The van der Waals surface area contributed by atoms with Crippen LogP contribution in [0.2, 0.25) is 0 Å². The number of thiazole rings is 1. The van der Waals surface area contributed by atoms with Gasteiger partial charge < -0.3 is 10.1 Å². The predicted octanol–water partition coefficient (Wildman–Crippen LogP) is 3.86. The third-order valence-corrected chi connectivity index (χ3v) is 4.81. The summed E-state index contributed by atoms with van der Waals surface area (Å²) in [5.41, 5.74) is 2.75. The summed E-state index contributed by atoms with van der Waals surface area (Å²) in [6.45, 7) is 0.529. The van der Waals surface area contributed by atoms with Gasteiger partial charge in [0.05, 0.1) is 19.2 Å². The zero-order valence-corrected chi connectivity index (χ0v) is 15.2. The fourth-order valence-corrected chi connectivity index (χ4v) is 3.33. The highest BCUT2D eigenvalue weighted by Gasteiger charge is 2.07. The van der Waals surface area contributed by atoms with Gasteiger partial charge in [-0.25, -0.2) is 9.37 Å². The van der Waals surface area contributed by atoms with Crippen LogP contribution in [0, 0.1) is 5.82 Å². The number of amides is 1. The lowest BCUT2D eigenvalue weighted by molar-refractivity contribution is -0.120. The number of carbonyl (C=O) groups is 1.